The lowest BCUT2D eigenvalue weighted by atomic mass is 10.1. The van der Waals surface area contributed by atoms with Crippen molar-refractivity contribution in [1.29, 1.82) is 0 Å². The second-order valence-corrected chi connectivity index (χ2v) is 4.87. The lowest BCUT2D eigenvalue weighted by molar-refractivity contribution is -0.138. The molecule has 2 rings (SSSR count). The SMILES string of the molecule is O=C(O)CCN(C(=O)Cc1ccc(F)cc1F)C1CC1. The molecule has 0 bridgehead atoms. The normalized spacial score (nSPS) is 14.1. The van der Waals surface area contributed by atoms with Gasteiger partial charge in [0.15, 0.2) is 0 Å². The Bertz CT molecular complexity index is 529. The molecule has 1 saturated carbocycles. The van der Waals surface area contributed by atoms with Gasteiger partial charge in [0.25, 0.3) is 0 Å². The molecule has 1 fully saturated rings. The largest absolute Gasteiger partial charge is 0.481 e. The molecule has 0 saturated heterocycles. The molecule has 108 valence electrons. The van der Waals surface area contributed by atoms with Crippen LogP contribution in [0.1, 0.15) is 24.8 Å². The predicted molar refractivity (Wildman–Crippen MR) is 67.0 cm³/mol. The summed E-state index contributed by atoms with van der Waals surface area (Å²) in [6.07, 6.45) is 1.38. The highest BCUT2D eigenvalue weighted by Crippen LogP contribution is 2.27. The molecule has 1 amide bonds. The third-order valence-corrected chi connectivity index (χ3v) is 3.23. The summed E-state index contributed by atoms with van der Waals surface area (Å²) in [6.45, 7) is 0.127. The number of rotatable bonds is 6. The van der Waals surface area contributed by atoms with Gasteiger partial charge in [-0.05, 0) is 24.5 Å². The van der Waals surface area contributed by atoms with Gasteiger partial charge >= 0.3 is 5.97 Å². The first-order valence-corrected chi connectivity index (χ1v) is 6.42. The Morgan fingerprint density at radius 2 is 2.00 bits per heavy atom. The molecule has 0 radical (unpaired) electrons. The zero-order valence-corrected chi connectivity index (χ0v) is 10.8. The van der Waals surface area contributed by atoms with E-state index in [1.54, 1.807) is 0 Å². The van der Waals surface area contributed by atoms with Gasteiger partial charge in [-0.25, -0.2) is 8.78 Å². The minimum absolute atomic E-state index is 0.0605. The number of aliphatic carboxylic acids is 1. The molecule has 0 heterocycles. The first-order chi connectivity index (χ1) is 9.47. The summed E-state index contributed by atoms with van der Waals surface area (Å²) in [6, 6.07) is 3.14. The summed E-state index contributed by atoms with van der Waals surface area (Å²) in [4.78, 5) is 24.2. The highest BCUT2D eigenvalue weighted by atomic mass is 19.1. The Hall–Kier alpha value is -1.98. The molecule has 6 heteroatoms. The van der Waals surface area contributed by atoms with E-state index < -0.39 is 17.6 Å². The molecule has 20 heavy (non-hydrogen) atoms. The molecule has 1 aromatic rings. The smallest absolute Gasteiger partial charge is 0.305 e. The van der Waals surface area contributed by atoms with Crippen molar-refractivity contribution in [3.63, 3.8) is 0 Å². The van der Waals surface area contributed by atoms with Crippen LogP contribution in [0.4, 0.5) is 8.78 Å². The van der Waals surface area contributed by atoms with Gasteiger partial charge in [-0.2, -0.15) is 0 Å². The molecular formula is C14H15F2NO3. The van der Waals surface area contributed by atoms with Crippen LogP contribution in [0.5, 0.6) is 0 Å². The quantitative estimate of drug-likeness (QED) is 0.868. The van der Waals surface area contributed by atoms with Crippen LogP contribution in [0.2, 0.25) is 0 Å². The van der Waals surface area contributed by atoms with E-state index in [2.05, 4.69) is 0 Å². The van der Waals surface area contributed by atoms with E-state index in [1.807, 2.05) is 0 Å². The monoisotopic (exact) mass is 283 g/mol. The summed E-state index contributed by atoms with van der Waals surface area (Å²) >= 11 is 0. The van der Waals surface area contributed by atoms with Gasteiger partial charge in [-0.15, -0.1) is 0 Å². The van der Waals surface area contributed by atoms with Crippen LogP contribution in [0.25, 0.3) is 0 Å². The molecule has 1 N–H and O–H groups in total. The van der Waals surface area contributed by atoms with Crippen molar-refractivity contribution >= 4 is 11.9 Å². The molecule has 1 aromatic carbocycles. The van der Waals surface area contributed by atoms with Crippen LogP contribution in [-0.2, 0) is 16.0 Å². The molecule has 0 atom stereocenters. The van der Waals surface area contributed by atoms with Crippen molar-refractivity contribution in [3.05, 3.63) is 35.4 Å². The number of carboxylic acid groups (broad SMARTS) is 1. The van der Waals surface area contributed by atoms with E-state index in [0.29, 0.717) is 0 Å². The Labute approximate surface area is 115 Å². The number of hydrogen-bond donors (Lipinski definition) is 1. The summed E-state index contributed by atoms with van der Waals surface area (Å²) in [5.41, 5.74) is 0.123. The lowest BCUT2D eigenvalue weighted by Crippen LogP contribution is -2.36. The molecule has 0 unspecified atom stereocenters. The maximum Gasteiger partial charge on any atom is 0.305 e. The zero-order chi connectivity index (χ0) is 14.7. The number of halogens is 2. The van der Waals surface area contributed by atoms with Crippen LogP contribution in [0.15, 0.2) is 18.2 Å². The number of hydrogen-bond acceptors (Lipinski definition) is 2. The van der Waals surface area contributed by atoms with Crippen LogP contribution in [0.3, 0.4) is 0 Å². The fraction of sp³-hybridized carbons (Fsp3) is 0.429. The Balaban J connectivity index is 2.02. The topological polar surface area (TPSA) is 57.6 Å². The Morgan fingerprint density at radius 3 is 2.55 bits per heavy atom. The number of nitrogens with zero attached hydrogens (tertiary/aromatic N) is 1. The van der Waals surface area contributed by atoms with Crippen molar-refractivity contribution in [2.75, 3.05) is 6.54 Å². The van der Waals surface area contributed by atoms with Gasteiger partial charge in [0, 0.05) is 18.7 Å². The first-order valence-electron chi connectivity index (χ1n) is 6.42. The van der Waals surface area contributed by atoms with Crippen molar-refractivity contribution in [2.45, 2.75) is 31.7 Å². The van der Waals surface area contributed by atoms with E-state index in [1.165, 1.54) is 11.0 Å². The summed E-state index contributed by atoms with van der Waals surface area (Å²) in [5, 5.41) is 8.67. The van der Waals surface area contributed by atoms with Gasteiger partial charge in [0.05, 0.1) is 12.8 Å². The molecule has 0 aliphatic heterocycles. The highest BCUT2D eigenvalue weighted by Gasteiger charge is 2.32. The molecule has 1 aliphatic rings. The highest BCUT2D eigenvalue weighted by molar-refractivity contribution is 5.80. The minimum Gasteiger partial charge on any atom is -0.481 e. The van der Waals surface area contributed by atoms with Crippen LogP contribution < -0.4 is 0 Å². The van der Waals surface area contributed by atoms with Crippen LogP contribution in [-0.4, -0.2) is 34.5 Å². The number of carbonyl (C=O) groups is 2. The second-order valence-electron chi connectivity index (χ2n) is 4.87. The fourth-order valence-electron chi connectivity index (χ4n) is 2.04. The van der Waals surface area contributed by atoms with Gasteiger partial charge in [-0.3, -0.25) is 9.59 Å². The number of carbonyl (C=O) groups excluding carboxylic acids is 1. The van der Waals surface area contributed by atoms with E-state index >= 15 is 0 Å². The number of benzene rings is 1. The van der Waals surface area contributed by atoms with Crippen molar-refractivity contribution in [3.8, 4) is 0 Å². The molecule has 0 spiro atoms. The molecular weight excluding hydrogens is 268 g/mol. The van der Waals surface area contributed by atoms with Crippen LogP contribution >= 0.6 is 0 Å². The van der Waals surface area contributed by atoms with E-state index in [0.717, 1.165) is 25.0 Å². The summed E-state index contributed by atoms with van der Waals surface area (Å²) in [5.74, 6) is -2.74. The van der Waals surface area contributed by atoms with Gasteiger partial charge < -0.3 is 10.0 Å². The molecule has 0 aromatic heterocycles. The number of amides is 1. The first kappa shape index (κ1) is 14.4. The number of carboxylic acids is 1. The third kappa shape index (κ3) is 3.76. The van der Waals surface area contributed by atoms with E-state index in [-0.39, 0.29) is 36.9 Å². The average molecular weight is 283 g/mol. The maximum absolute atomic E-state index is 13.5. The average Bonchev–Trinajstić information content (AvgIpc) is 3.17. The van der Waals surface area contributed by atoms with Crippen molar-refractivity contribution in [1.82, 2.24) is 4.90 Å². The lowest BCUT2D eigenvalue weighted by Gasteiger charge is -2.21. The van der Waals surface area contributed by atoms with Crippen LogP contribution in [0, 0.1) is 11.6 Å². The van der Waals surface area contributed by atoms with Crippen molar-refractivity contribution in [2.24, 2.45) is 0 Å². The standard InChI is InChI=1S/C14H15F2NO3/c15-10-2-1-9(12(16)8-10)7-13(18)17(11-3-4-11)6-5-14(19)20/h1-2,8,11H,3-7H2,(H,19,20). The fourth-order valence-corrected chi connectivity index (χ4v) is 2.04. The molecule has 4 nitrogen and oxygen atoms in total. The van der Waals surface area contributed by atoms with Gasteiger partial charge in [0.1, 0.15) is 11.6 Å². The Morgan fingerprint density at radius 1 is 1.30 bits per heavy atom. The van der Waals surface area contributed by atoms with E-state index in [4.69, 9.17) is 5.11 Å². The second kappa shape index (κ2) is 5.98. The predicted octanol–water partition coefficient (Wildman–Crippen LogP) is 1.97. The van der Waals surface area contributed by atoms with Gasteiger partial charge in [-0.1, -0.05) is 6.07 Å². The summed E-state index contributed by atoms with van der Waals surface area (Å²) < 4.78 is 26.3. The summed E-state index contributed by atoms with van der Waals surface area (Å²) in [7, 11) is 0. The maximum atomic E-state index is 13.5. The Kier molecular flexibility index (Phi) is 4.32. The third-order valence-electron chi connectivity index (χ3n) is 3.23. The zero-order valence-electron chi connectivity index (χ0n) is 10.8. The van der Waals surface area contributed by atoms with Crippen molar-refractivity contribution < 1.29 is 23.5 Å². The van der Waals surface area contributed by atoms with Gasteiger partial charge in [0.2, 0.25) is 5.91 Å². The minimum atomic E-state index is -0.976. The van der Waals surface area contributed by atoms with E-state index in [9.17, 15) is 18.4 Å². The molecule has 1 aliphatic carbocycles.